The fraction of sp³-hybridized carbons (Fsp3) is 0. The predicted molar refractivity (Wildman–Crippen MR) is 29.3 cm³/mol. The van der Waals surface area contributed by atoms with Crippen LogP contribution in [-0.4, -0.2) is 9.57 Å². The molecular weight excluding hydrogens is 143 g/mol. The first-order valence-corrected chi connectivity index (χ1v) is 2.20. The molecule has 6 heavy (non-hydrogen) atoms. The Morgan fingerprint density at radius 3 is 1.67 bits per heavy atom. The number of carbonyl (C=O) groups is 1. The monoisotopic (exact) mass is 142 g/mol. The van der Waals surface area contributed by atoms with Gasteiger partial charge in [-0.15, -0.1) is 0 Å². The number of thiocarbonyl (C=S) groups is 1. The molecule has 1 nitrogen and oxygen atoms in total. The molecule has 0 bridgehead atoms. The van der Waals surface area contributed by atoms with Gasteiger partial charge in [0.25, 0.3) is 5.24 Å². The van der Waals surface area contributed by atoms with Crippen LogP contribution < -0.4 is 0 Å². The summed E-state index contributed by atoms with van der Waals surface area (Å²) in [5, 5.41) is -0.772. The van der Waals surface area contributed by atoms with E-state index in [1.54, 1.807) is 0 Å². The molecule has 0 heterocycles. The van der Waals surface area contributed by atoms with Crippen LogP contribution in [0.25, 0.3) is 0 Å². The van der Waals surface area contributed by atoms with Crippen LogP contribution in [0.15, 0.2) is 0 Å². The molecule has 0 atom stereocenters. The van der Waals surface area contributed by atoms with Crippen molar-refractivity contribution in [2.75, 3.05) is 0 Å². The Morgan fingerprint density at radius 1 is 1.50 bits per heavy atom. The van der Waals surface area contributed by atoms with Gasteiger partial charge >= 0.3 is 0 Å². The zero-order valence-electron chi connectivity index (χ0n) is 2.57. The second-order valence-corrected chi connectivity index (χ2v) is 1.90. The van der Waals surface area contributed by atoms with E-state index in [9.17, 15) is 4.79 Å². The van der Waals surface area contributed by atoms with Gasteiger partial charge in [-0.1, -0.05) is 23.8 Å². The molecule has 0 N–H and O–H groups in total. The second kappa shape index (κ2) is 2.50. The molecule has 0 unspecified atom stereocenters. The highest BCUT2D eigenvalue weighted by Crippen LogP contribution is 1.89. The molecule has 0 spiro atoms. The lowest BCUT2D eigenvalue weighted by atomic mass is 10.9. The Balaban J connectivity index is 3.57. The molecule has 0 aliphatic carbocycles. The van der Waals surface area contributed by atoms with Crippen molar-refractivity contribution in [3.63, 3.8) is 0 Å². The van der Waals surface area contributed by atoms with Crippen LogP contribution in [0.3, 0.4) is 0 Å². The van der Waals surface area contributed by atoms with Crippen LogP contribution in [0.1, 0.15) is 0 Å². The first-order chi connectivity index (χ1) is 2.64. The van der Waals surface area contributed by atoms with Crippen LogP contribution in [0, 0.1) is 0 Å². The predicted octanol–water partition coefficient (Wildman–Crippen LogP) is 1.32. The van der Waals surface area contributed by atoms with E-state index in [1.807, 2.05) is 0 Å². The van der Waals surface area contributed by atoms with Gasteiger partial charge in [-0.05, 0) is 11.6 Å². The first-order valence-electron chi connectivity index (χ1n) is 1.04. The molecule has 34 valence electrons. The van der Waals surface area contributed by atoms with E-state index in [-0.39, 0.29) is 4.32 Å². The van der Waals surface area contributed by atoms with E-state index in [0.29, 0.717) is 0 Å². The highest BCUT2D eigenvalue weighted by Gasteiger charge is 1.96. The summed E-state index contributed by atoms with van der Waals surface area (Å²) in [6.45, 7) is 0. The Morgan fingerprint density at radius 2 is 1.67 bits per heavy atom. The molecule has 0 fully saturated rings. The third-order valence-electron chi connectivity index (χ3n) is 0.155. The topological polar surface area (TPSA) is 17.1 Å². The average molecular weight is 143 g/mol. The average Bonchev–Trinajstić information content (AvgIpc) is 1.36. The lowest BCUT2D eigenvalue weighted by molar-refractivity contribution is -0.105. The van der Waals surface area contributed by atoms with Gasteiger partial charge in [0, 0.05) is 0 Å². The smallest absolute Gasteiger partial charge is 0.274 e. The molecule has 0 radical (unpaired) electrons. The molecule has 0 aliphatic heterocycles. The molecule has 0 aromatic heterocycles. The summed E-state index contributed by atoms with van der Waals surface area (Å²) < 4.78 is -0.309. The summed E-state index contributed by atoms with van der Waals surface area (Å²) in [6, 6.07) is 0. The molecule has 0 aromatic rings. The lowest BCUT2D eigenvalue weighted by Gasteiger charge is -1.71. The van der Waals surface area contributed by atoms with E-state index >= 15 is 0 Å². The van der Waals surface area contributed by atoms with Crippen LogP contribution in [-0.2, 0) is 4.79 Å². The minimum Gasteiger partial charge on any atom is -0.274 e. The lowest BCUT2D eigenvalue weighted by Crippen LogP contribution is -1.90. The summed E-state index contributed by atoms with van der Waals surface area (Å²) in [4.78, 5) is 9.64. The highest BCUT2D eigenvalue weighted by atomic mass is 35.5. The maximum Gasteiger partial charge on any atom is 0.274 e. The fourth-order valence-electron chi connectivity index (χ4n) is 0. The summed E-state index contributed by atoms with van der Waals surface area (Å²) in [5.41, 5.74) is 0. The van der Waals surface area contributed by atoms with Gasteiger partial charge in [-0.3, -0.25) is 4.79 Å². The van der Waals surface area contributed by atoms with Crippen LogP contribution in [0.5, 0.6) is 0 Å². The minimum absolute atomic E-state index is 0.309. The molecule has 0 aromatic carbocycles. The Labute approximate surface area is 50.2 Å². The standard InChI is InChI=1S/C2Cl2OS/c3-1(5)2(4)6. The Bertz CT molecular complexity index is 77.5. The van der Waals surface area contributed by atoms with Gasteiger partial charge in [0.15, 0.2) is 4.32 Å². The third-order valence-corrected chi connectivity index (χ3v) is 0.909. The Kier molecular flexibility index (Phi) is 2.64. The Hall–Kier alpha value is 0.340. The van der Waals surface area contributed by atoms with E-state index in [2.05, 4.69) is 12.2 Å². The summed E-state index contributed by atoms with van der Waals surface area (Å²) in [5.74, 6) is 0. The second-order valence-electron chi connectivity index (χ2n) is 0.547. The summed E-state index contributed by atoms with van der Waals surface area (Å²) in [6.07, 6.45) is 0. The van der Waals surface area contributed by atoms with Gasteiger partial charge in [0.05, 0.1) is 0 Å². The molecule has 0 saturated carbocycles. The number of halogens is 2. The van der Waals surface area contributed by atoms with E-state index in [4.69, 9.17) is 23.2 Å². The van der Waals surface area contributed by atoms with Crippen molar-refractivity contribution in [2.24, 2.45) is 0 Å². The highest BCUT2D eigenvalue weighted by molar-refractivity contribution is 7.85. The number of rotatable bonds is 1. The van der Waals surface area contributed by atoms with Crippen molar-refractivity contribution in [3.05, 3.63) is 0 Å². The van der Waals surface area contributed by atoms with Crippen molar-refractivity contribution in [2.45, 2.75) is 0 Å². The third kappa shape index (κ3) is 2.57. The largest absolute Gasteiger partial charge is 0.274 e. The molecular formula is C2Cl2OS. The molecule has 0 rings (SSSR count). The zero-order valence-corrected chi connectivity index (χ0v) is 4.90. The fourth-order valence-corrected chi connectivity index (χ4v) is 0. The normalized spacial score (nSPS) is 7.67. The molecule has 4 heteroatoms. The molecule has 0 aliphatic rings. The van der Waals surface area contributed by atoms with Crippen LogP contribution >= 0.6 is 35.4 Å². The van der Waals surface area contributed by atoms with Gasteiger partial charge in [-0.2, -0.15) is 0 Å². The SMILES string of the molecule is O=C(Cl)C(=S)Cl. The molecule has 0 amide bonds. The minimum atomic E-state index is -0.772. The maximum absolute atomic E-state index is 9.64. The first kappa shape index (κ1) is 6.34. The van der Waals surface area contributed by atoms with Crippen molar-refractivity contribution in [1.29, 1.82) is 0 Å². The van der Waals surface area contributed by atoms with E-state index in [0.717, 1.165) is 0 Å². The van der Waals surface area contributed by atoms with Gasteiger partial charge in [0.1, 0.15) is 0 Å². The van der Waals surface area contributed by atoms with Crippen LogP contribution in [0.2, 0.25) is 0 Å². The van der Waals surface area contributed by atoms with Crippen molar-refractivity contribution in [3.8, 4) is 0 Å². The van der Waals surface area contributed by atoms with Crippen molar-refractivity contribution >= 4 is 45.0 Å². The zero-order chi connectivity index (χ0) is 5.15. The van der Waals surface area contributed by atoms with Gasteiger partial charge in [-0.25, -0.2) is 0 Å². The van der Waals surface area contributed by atoms with Crippen molar-refractivity contribution in [1.82, 2.24) is 0 Å². The van der Waals surface area contributed by atoms with Crippen LogP contribution in [0.4, 0.5) is 0 Å². The summed E-state index contributed by atoms with van der Waals surface area (Å²) >= 11 is 13.7. The maximum atomic E-state index is 9.64. The van der Waals surface area contributed by atoms with Crippen molar-refractivity contribution < 1.29 is 4.79 Å². The van der Waals surface area contributed by atoms with E-state index in [1.165, 1.54) is 0 Å². The molecule has 0 saturated heterocycles. The van der Waals surface area contributed by atoms with Gasteiger partial charge in [0.2, 0.25) is 0 Å². The number of hydrogen-bond donors (Lipinski definition) is 0. The quantitative estimate of drug-likeness (QED) is 0.406. The summed E-state index contributed by atoms with van der Waals surface area (Å²) in [7, 11) is 0. The van der Waals surface area contributed by atoms with Gasteiger partial charge < -0.3 is 0 Å². The number of hydrogen-bond acceptors (Lipinski definition) is 2. The number of carbonyl (C=O) groups excluding carboxylic acids is 1. The van der Waals surface area contributed by atoms with E-state index < -0.39 is 5.24 Å².